The molecule has 4 atom stereocenters. The number of nitrogens with zero attached hydrogens (tertiary/aromatic N) is 1. The molecule has 2 aliphatic rings. The van der Waals surface area contributed by atoms with Gasteiger partial charge in [-0.05, 0) is 50.0 Å². The number of Topliss-reactive ketones (excluding diaryl/α,β-unsaturated/α-hetero) is 3. The fraction of sp³-hybridized carbons (Fsp3) is 0.364. The van der Waals surface area contributed by atoms with Gasteiger partial charge in [0.2, 0.25) is 11.7 Å². The van der Waals surface area contributed by atoms with Gasteiger partial charge in [0.05, 0.1) is 17.0 Å². The summed E-state index contributed by atoms with van der Waals surface area (Å²) in [5.41, 5.74) is 3.20. The zero-order chi connectivity index (χ0) is 23.0. The molecule has 2 aromatic carbocycles. The Hall–Kier alpha value is -3.30. The zero-order valence-electron chi connectivity index (χ0n) is 17.2. The Morgan fingerprint density at radius 2 is 1.84 bits per heavy atom. The maximum atomic E-state index is 13.6. The number of hydrogen-bond acceptors (Lipinski definition) is 8. The lowest BCUT2D eigenvalue weighted by atomic mass is 9.58. The molecule has 0 aliphatic heterocycles. The molecule has 4 rings (SSSR count). The van der Waals surface area contributed by atoms with Gasteiger partial charge in [0.1, 0.15) is 11.5 Å². The molecule has 0 radical (unpaired) electrons. The van der Waals surface area contributed by atoms with Crippen LogP contribution in [0.2, 0.25) is 0 Å². The SMILES string of the molecule is Cc1c2c(c(O)c3c(O)cccc13)C(=O)C1(O)C(=O)C(C(N)=O)C(=O)C(N(C)C)C1C2. The quantitative estimate of drug-likeness (QED) is 0.482. The molecule has 0 aromatic heterocycles. The molecule has 0 saturated heterocycles. The number of amides is 1. The van der Waals surface area contributed by atoms with Crippen molar-refractivity contribution in [1.29, 1.82) is 0 Å². The predicted molar refractivity (Wildman–Crippen MR) is 109 cm³/mol. The summed E-state index contributed by atoms with van der Waals surface area (Å²) in [6.45, 7) is 1.70. The van der Waals surface area contributed by atoms with E-state index in [0.29, 0.717) is 16.5 Å². The van der Waals surface area contributed by atoms with Gasteiger partial charge in [-0.25, -0.2) is 0 Å². The Kier molecular flexibility index (Phi) is 4.46. The van der Waals surface area contributed by atoms with Crippen LogP contribution in [0, 0.1) is 18.8 Å². The average Bonchev–Trinajstić information content (AvgIpc) is 2.68. The van der Waals surface area contributed by atoms with Crippen molar-refractivity contribution >= 4 is 34.0 Å². The van der Waals surface area contributed by atoms with Gasteiger partial charge in [-0.15, -0.1) is 0 Å². The maximum Gasteiger partial charge on any atom is 0.235 e. The van der Waals surface area contributed by atoms with Crippen LogP contribution >= 0.6 is 0 Å². The minimum Gasteiger partial charge on any atom is -0.507 e. The Bertz CT molecular complexity index is 1200. The summed E-state index contributed by atoms with van der Waals surface area (Å²) in [5.74, 6) is -8.39. The number of benzene rings is 2. The molecule has 2 aliphatic carbocycles. The van der Waals surface area contributed by atoms with Crippen LogP contribution in [0.15, 0.2) is 18.2 Å². The van der Waals surface area contributed by atoms with Gasteiger partial charge < -0.3 is 21.1 Å². The van der Waals surface area contributed by atoms with Crippen LogP contribution in [0.3, 0.4) is 0 Å². The highest BCUT2D eigenvalue weighted by Gasteiger charge is 2.66. The Balaban J connectivity index is 2.06. The molecule has 0 bridgehead atoms. The number of aromatic hydroxyl groups is 2. The Morgan fingerprint density at radius 1 is 1.19 bits per heavy atom. The van der Waals surface area contributed by atoms with Crippen molar-refractivity contribution < 1.29 is 34.5 Å². The fourth-order valence-electron chi connectivity index (χ4n) is 5.18. The number of aryl methyl sites for hydroxylation is 1. The van der Waals surface area contributed by atoms with Crippen LogP contribution in [-0.4, -0.2) is 69.2 Å². The van der Waals surface area contributed by atoms with Crippen LogP contribution in [0.25, 0.3) is 10.8 Å². The first-order valence-electron chi connectivity index (χ1n) is 9.71. The third kappa shape index (κ3) is 2.50. The molecule has 1 amide bonds. The Labute approximate surface area is 177 Å². The number of phenols is 2. The summed E-state index contributed by atoms with van der Waals surface area (Å²) in [6, 6.07) is 3.47. The molecule has 5 N–H and O–H groups in total. The van der Waals surface area contributed by atoms with E-state index >= 15 is 0 Å². The lowest BCUT2D eigenvalue weighted by Gasteiger charge is -2.48. The highest BCUT2D eigenvalue weighted by molar-refractivity contribution is 6.33. The van der Waals surface area contributed by atoms with Crippen molar-refractivity contribution in [3.63, 3.8) is 0 Å². The minimum atomic E-state index is -2.72. The molecule has 2 aromatic rings. The number of phenolic OH excluding ortho intramolecular Hbond substituents is 2. The summed E-state index contributed by atoms with van der Waals surface area (Å²) in [7, 11) is 3.08. The van der Waals surface area contributed by atoms with Gasteiger partial charge in [0.15, 0.2) is 23.1 Å². The van der Waals surface area contributed by atoms with E-state index in [1.807, 2.05) is 0 Å². The van der Waals surface area contributed by atoms with Gasteiger partial charge in [-0.1, -0.05) is 12.1 Å². The lowest BCUT2D eigenvalue weighted by molar-refractivity contribution is -0.162. The first kappa shape index (κ1) is 21.0. The summed E-state index contributed by atoms with van der Waals surface area (Å²) in [5, 5.41) is 33.1. The number of ketones is 3. The van der Waals surface area contributed by atoms with E-state index in [1.165, 1.54) is 11.0 Å². The molecular weight excluding hydrogens is 404 g/mol. The Morgan fingerprint density at radius 3 is 2.42 bits per heavy atom. The van der Waals surface area contributed by atoms with Gasteiger partial charge in [0.25, 0.3) is 0 Å². The standard InChI is InChI=1S/C22H22N2O7/c1-8-9-5-4-6-12(25)13(9)17(26)14-10(8)7-11-16(24(2)3)18(27)15(21(23)30)20(29)22(11,31)19(14)28/h4-6,11,15-16,25-26,31H,7H2,1-3H3,(H2,23,30). The molecule has 0 spiro atoms. The van der Waals surface area contributed by atoms with Crippen LogP contribution in [-0.2, 0) is 20.8 Å². The third-order valence-corrected chi connectivity index (χ3v) is 6.64. The van der Waals surface area contributed by atoms with Crippen molar-refractivity contribution in [3.05, 3.63) is 34.9 Å². The molecule has 1 fully saturated rings. The topological polar surface area (TPSA) is 158 Å². The highest BCUT2D eigenvalue weighted by atomic mass is 16.3. The van der Waals surface area contributed by atoms with E-state index in [0.717, 1.165) is 0 Å². The van der Waals surface area contributed by atoms with Crippen molar-refractivity contribution in [2.75, 3.05) is 14.1 Å². The monoisotopic (exact) mass is 426 g/mol. The molecule has 162 valence electrons. The number of primary amides is 1. The average molecular weight is 426 g/mol. The number of nitrogens with two attached hydrogens (primary N) is 1. The second-order valence-electron chi connectivity index (χ2n) is 8.44. The molecule has 31 heavy (non-hydrogen) atoms. The zero-order valence-corrected chi connectivity index (χ0v) is 17.2. The number of rotatable bonds is 2. The largest absolute Gasteiger partial charge is 0.507 e. The van der Waals surface area contributed by atoms with E-state index in [4.69, 9.17) is 5.73 Å². The highest BCUT2D eigenvalue weighted by Crippen LogP contribution is 2.49. The van der Waals surface area contributed by atoms with Gasteiger partial charge in [-0.2, -0.15) is 0 Å². The third-order valence-electron chi connectivity index (χ3n) is 6.64. The van der Waals surface area contributed by atoms with Crippen molar-refractivity contribution in [3.8, 4) is 11.5 Å². The second kappa shape index (κ2) is 6.60. The van der Waals surface area contributed by atoms with Crippen molar-refractivity contribution in [2.45, 2.75) is 25.0 Å². The first-order chi connectivity index (χ1) is 14.4. The lowest BCUT2D eigenvalue weighted by Crippen LogP contribution is -2.71. The second-order valence-corrected chi connectivity index (χ2v) is 8.44. The van der Waals surface area contributed by atoms with E-state index < -0.39 is 52.5 Å². The van der Waals surface area contributed by atoms with Crippen molar-refractivity contribution in [2.24, 2.45) is 17.6 Å². The van der Waals surface area contributed by atoms with E-state index in [1.54, 1.807) is 33.2 Å². The summed E-state index contributed by atoms with van der Waals surface area (Å²) < 4.78 is 0. The van der Waals surface area contributed by atoms with E-state index in [2.05, 4.69) is 0 Å². The van der Waals surface area contributed by atoms with E-state index in [-0.39, 0.29) is 23.1 Å². The van der Waals surface area contributed by atoms with E-state index in [9.17, 15) is 34.5 Å². The number of likely N-dealkylation sites (N-methyl/N-ethyl adjacent to an activating group) is 1. The van der Waals surface area contributed by atoms with Crippen LogP contribution in [0.1, 0.15) is 21.5 Å². The van der Waals surface area contributed by atoms with Crippen LogP contribution in [0.5, 0.6) is 11.5 Å². The minimum absolute atomic E-state index is 0.0177. The van der Waals surface area contributed by atoms with Crippen molar-refractivity contribution in [1.82, 2.24) is 4.90 Å². The van der Waals surface area contributed by atoms with Gasteiger partial charge in [0, 0.05) is 5.92 Å². The number of hydrogen-bond donors (Lipinski definition) is 4. The number of carbonyl (C=O) groups is 4. The summed E-state index contributed by atoms with van der Waals surface area (Å²) >= 11 is 0. The molecular formula is C22H22N2O7. The molecule has 1 saturated carbocycles. The fourth-order valence-corrected chi connectivity index (χ4v) is 5.18. The molecule has 4 unspecified atom stereocenters. The molecule has 9 heteroatoms. The summed E-state index contributed by atoms with van der Waals surface area (Å²) in [6.07, 6.45) is -0.0750. The van der Waals surface area contributed by atoms with Crippen LogP contribution in [0.4, 0.5) is 0 Å². The van der Waals surface area contributed by atoms with Gasteiger partial charge >= 0.3 is 0 Å². The number of carbonyl (C=O) groups excluding carboxylic acids is 4. The smallest absolute Gasteiger partial charge is 0.235 e. The number of fused-ring (bicyclic) bond motifs is 3. The van der Waals surface area contributed by atoms with Crippen LogP contribution < -0.4 is 5.73 Å². The molecule has 9 nitrogen and oxygen atoms in total. The maximum absolute atomic E-state index is 13.6. The van der Waals surface area contributed by atoms with Gasteiger partial charge in [-0.3, -0.25) is 24.1 Å². The molecule has 0 heterocycles. The first-order valence-corrected chi connectivity index (χ1v) is 9.71. The summed E-state index contributed by atoms with van der Waals surface area (Å²) in [4.78, 5) is 53.0. The predicted octanol–water partition coefficient (Wildman–Crippen LogP) is -0.171. The number of aliphatic hydroxyl groups is 1. The normalized spacial score (nSPS) is 28.0.